The van der Waals surface area contributed by atoms with Crippen LogP contribution >= 0.6 is 11.6 Å². The lowest BCUT2D eigenvalue weighted by molar-refractivity contribution is -0.137. The maximum Gasteiger partial charge on any atom is 0.322 e. The fourth-order valence-corrected chi connectivity index (χ4v) is 2.38. The summed E-state index contributed by atoms with van der Waals surface area (Å²) in [5, 5.41) is 8.03. The van der Waals surface area contributed by atoms with E-state index < -0.39 is 11.3 Å². The fraction of sp³-hybridized carbons (Fsp3) is 0.909. The molecule has 94 valence electrons. The second kappa shape index (κ2) is 6.42. The molecule has 2 atom stereocenters. The van der Waals surface area contributed by atoms with E-state index in [1.807, 2.05) is 0 Å². The standard InChI is InChI=1S/C11H21ClN2O2/c1-3-9-7-13(2)5-4-6-14(9)8-10(12)11(15)16/h9-10H,3-8H2,1-2H3,(H,15,16). The molecule has 1 N–H and O–H groups in total. The highest BCUT2D eigenvalue weighted by molar-refractivity contribution is 6.29. The van der Waals surface area contributed by atoms with Crippen LogP contribution in [0.15, 0.2) is 0 Å². The summed E-state index contributed by atoms with van der Waals surface area (Å²) in [6.45, 7) is 5.61. The second-order valence-corrected chi connectivity index (χ2v) is 5.01. The van der Waals surface area contributed by atoms with Gasteiger partial charge in [0.2, 0.25) is 0 Å². The first kappa shape index (κ1) is 13.7. The Labute approximate surface area is 102 Å². The summed E-state index contributed by atoms with van der Waals surface area (Å²) in [6, 6.07) is 0.424. The molecule has 4 nitrogen and oxygen atoms in total. The predicted octanol–water partition coefficient (Wildman–Crippen LogP) is 1.09. The smallest absolute Gasteiger partial charge is 0.322 e. The zero-order valence-electron chi connectivity index (χ0n) is 10.0. The molecule has 1 rings (SSSR count). The van der Waals surface area contributed by atoms with Crippen molar-refractivity contribution in [3.8, 4) is 0 Å². The lowest BCUT2D eigenvalue weighted by Gasteiger charge is -2.30. The Hall–Kier alpha value is -0.320. The second-order valence-electron chi connectivity index (χ2n) is 4.48. The van der Waals surface area contributed by atoms with Crippen molar-refractivity contribution in [3.05, 3.63) is 0 Å². The summed E-state index contributed by atoms with van der Waals surface area (Å²) in [5.74, 6) is -0.922. The SMILES string of the molecule is CCC1CN(C)CCCN1CC(Cl)C(=O)O. The number of nitrogens with zero attached hydrogens (tertiary/aromatic N) is 2. The Kier molecular flexibility index (Phi) is 5.52. The van der Waals surface area contributed by atoms with E-state index in [0.717, 1.165) is 32.5 Å². The van der Waals surface area contributed by atoms with Gasteiger partial charge in [0, 0.05) is 19.1 Å². The van der Waals surface area contributed by atoms with E-state index in [1.54, 1.807) is 0 Å². The molecular weight excluding hydrogens is 228 g/mol. The number of aliphatic carboxylic acids is 1. The minimum Gasteiger partial charge on any atom is -0.480 e. The van der Waals surface area contributed by atoms with E-state index in [4.69, 9.17) is 16.7 Å². The molecule has 0 amide bonds. The Morgan fingerprint density at radius 3 is 2.81 bits per heavy atom. The summed E-state index contributed by atoms with van der Waals surface area (Å²) in [4.78, 5) is 15.3. The highest BCUT2D eigenvalue weighted by Gasteiger charge is 2.26. The van der Waals surface area contributed by atoms with Crippen molar-refractivity contribution in [3.63, 3.8) is 0 Å². The highest BCUT2D eigenvalue weighted by atomic mass is 35.5. The van der Waals surface area contributed by atoms with Gasteiger partial charge in [0.15, 0.2) is 0 Å². The molecule has 1 aliphatic rings. The normalized spacial score (nSPS) is 26.3. The third-order valence-corrected chi connectivity index (χ3v) is 3.48. The number of carboxylic acids is 1. The van der Waals surface area contributed by atoms with Gasteiger partial charge in [-0.05, 0) is 33.0 Å². The van der Waals surface area contributed by atoms with Crippen LogP contribution in [0.4, 0.5) is 0 Å². The molecule has 0 saturated carbocycles. The van der Waals surface area contributed by atoms with E-state index in [9.17, 15) is 4.79 Å². The first-order valence-corrected chi connectivity index (χ1v) is 6.27. The Balaban J connectivity index is 2.57. The molecule has 0 bridgehead atoms. The minimum absolute atomic E-state index is 0.424. The van der Waals surface area contributed by atoms with Crippen molar-refractivity contribution in [2.24, 2.45) is 0 Å². The number of hydrogen-bond donors (Lipinski definition) is 1. The van der Waals surface area contributed by atoms with Crippen LogP contribution in [0.5, 0.6) is 0 Å². The summed E-state index contributed by atoms with van der Waals surface area (Å²) in [5.41, 5.74) is 0. The van der Waals surface area contributed by atoms with Crippen LogP contribution in [0.1, 0.15) is 19.8 Å². The monoisotopic (exact) mass is 248 g/mol. The van der Waals surface area contributed by atoms with Crippen LogP contribution in [0.2, 0.25) is 0 Å². The van der Waals surface area contributed by atoms with Crippen molar-refractivity contribution < 1.29 is 9.90 Å². The topological polar surface area (TPSA) is 43.8 Å². The molecule has 0 radical (unpaired) electrons. The van der Waals surface area contributed by atoms with Gasteiger partial charge in [-0.1, -0.05) is 6.92 Å². The maximum absolute atomic E-state index is 10.7. The van der Waals surface area contributed by atoms with Crippen LogP contribution in [-0.4, -0.2) is 65.5 Å². The molecule has 0 aliphatic carbocycles. The third-order valence-electron chi connectivity index (χ3n) is 3.16. The molecule has 1 saturated heterocycles. The van der Waals surface area contributed by atoms with Crippen LogP contribution < -0.4 is 0 Å². The average Bonchev–Trinajstić information content (AvgIpc) is 2.40. The van der Waals surface area contributed by atoms with Crippen molar-refractivity contribution in [2.45, 2.75) is 31.2 Å². The maximum atomic E-state index is 10.7. The van der Waals surface area contributed by atoms with Gasteiger partial charge < -0.3 is 10.0 Å². The van der Waals surface area contributed by atoms with Crippen LogP contribution in [0.25, 0.3) is 0 Å². The molecule has 2 unspecified atom stereocenters. The van der Waals surface area contributed by atoms with Crippen LogP contribution in [-0.2, 0) is 4.79 Å². The van der Waals surface area contributed by atoms with E-state index in [-0.39, 0.29) is 0 Å². The Morgan fingerprint density at radius 1 is 1.56 bits per heavy atom. The zero-order chi connectivity index (χ0) is 12.1. The van der Waals surface area contributed by atoms with Gasteiger partial charge in [-0.3, -0.25) is 9.69 Å². The number of carboxylic acid groups (broad SMARTS) is 1. The molecule has 1 heterocycles. The predicted molar refractivity (Wildman–Crippen MR) is 65.0 cm³/mol. The summed E-state index contributed by atoms with van der Waals surface area (Å²) in [7, 11) is 2.11. The van der Waals surface area contributed by atoms with E-state index in [2.05, 4.69) is 23.8 Å². The molecule has 5 heteroatoms. The lowest BCUT2D eigenvalue weighted by atomic mass is 10.1. The van der Waals surface area contributed by atoms with Crippen LogP contribution in [0.3, 0.4) is 0 Å². The first-order valence-electron chi connectivity index (χ1n) is 5.84. The van der Waals surface area contributed by atoms with E-state index in [1.165, 1.54) is 0 Å². The van der Waals surface area contributed by atoms with Crippen molar-refractivity contribution in [1.29, 1.82) is 0 Å². The van der Waals surface area contributed by atoms with Crippen molar-refractivity contribution in [2.75, 3.05) is 33.2 Å². The Morgan fingerprint density at radius 2 is 2.25 bits per heavy atom. The number of carbonyl (C=O) groups is 1. The largest absolute Gasteiger partial charge is 0.480 e. The summed E-state index contributed by atoms with van der Waals surface area (Å²) in [6.07, 6.45) is 2.11. The molecule has 0 aromatic heterocycles. The van der Waals surface area contributed by atoms with Gasteiger partial charge in [0.25, 0.3) is 0 Å². The van der Waals surface area contributed by atoms with E-state index in [0.29, 0.717) is 12.6 Å². The van der Waals surface area contributed by atoms with Crippen molar-refractivity contribution >= 4 is 17.6 Å². The molecule has 0 aromatic carbocycles. The number of rotatable bonds is 4. The summed E-state index contributed by atoms with van der Waals surface area (Å²) < 4.78 is 0. The van der Waals surface area contributed by atoms with Gasteiger partial charge in [-0.15, -0.1) is 11.6 Å². The highest BCUT2D eigenvalue weighted by Crippen LogP contribution is 2.14. The Bertz CT molecular complexity index is 238. The first-order chi connectivity index (χ1) is 7.54. The fourth-order valence-electron chi connectivity index (χ4n) is 2.20. The molecule has 16 heavy (non-hydrogen) atoms. The van der Waals surface area contributed by atoms with E-state index >= 15 is 0 Å². The molecule has 1 fully saturated rings. The lowest BCUT2D eigenvalue weighted by Crippen LogP contribution is -2.44. The average molecular weight is 249 g/mol. The minimum atomic E-state index is -0.922. The number of halogens is 1. The number of alkyl halides is 1. The van der Waals surface area contributed by atoms with Gasteiger partial charge in [-0.2, -0.15) is 0 Å². The van der Waals surface area contributed by atoms with Gasteiger partial charge in [0.1, 0.15) is 5.38 Å². The third kappa shape index (κ3) is 3.92. The molecule has 0 aromatic rings. The molecule has 1 aliphatic heterocycles. The van der Waals surface area contributed by atoms with Gasteiger partial charge in [-0.25, -0.2) is 0 Å². The van der Waals surface area contributed by atoms with Crippen molar-refractivity contribution in [1.82, 2.24) is 9.80 Å². The number of hydrogen-bond acceptors (Lipinski definition) is 3. The van der Waals surface area contributed by atoms with Crippen LogP contribution in [0, 0.1) is 0 Å². The quantitative estimate of drug-likeness (QED) is 0.757. The molecular formula is C11H21ClN2O2. The summed E-state index contributed by atoms with van der Waals surface area (Å²) >= 11 is 5.81. The van der Waals surface area contributed by atoms with Gasteiger partial charge in [0.05, 0.1) is 0 Å². The zero-order valence-corrected chi connectivity index (χ0v) is 10.8. The molecule has 0 spiro atoms. The van der Waals surface area contributed by atoms with Gasteiger partial charge >= 0.3 is 5.97 Å². The number of likely N-dealkylation sites (N-methyl/N-ethyl adjacent to an activating group) is 1.